The smallest absolute Gasteiger partial charge is 0.226 e. The zero-order valence-corrected chi connectivity index (χ0v) is 19.4. The van der Waals surface area contributed by atoms with E-state index in [2.05, 4.69) is 51.1 Å². The second kappa shape index (κ2) is 9.70. The van der Waals surface area contributed by atoms with Crippen LogP contribution in [0.3, 0.4) is 0 Å². The van der Waals surface area contributed by atoms with Gasteiger partial charge in [0.25, 0.3) is 0 Å². The molecule has 0 radical (unpaired) electrons. The summed E-state index contributed by atoms with van der Waals surface area (Å²) in [6.07, 6.45) is 7.75. The Kier molecular flexibility index (Phi) is 6.52. The van der Waals surface area contributed by atoms with Crippen LogP contribution in [-0.2, 0) is 11.3 Å². The maximum absolute atomic E-state index is 13.2. The number of piperazine rings is 1. The average molecular weight is 446 g/mol. The van der Waals surface area contributed by atoms with Crippen molar-refractivity contribution in [2.45, 2.75) is 25.8 Å². The highest BCUT2D eigenvalue weighted by Gasteiger charge is 2.59. The molecule has 0 unspecified atom stereocenters. The summed E-state index contributed by atoms with van der Waals surface area (Å²) in [6.45, 7) is 7.64. The number of piperidine rings is 1. The monoisotopic (exact) mass is 445 g/mol. The lowest BCUT2D eigenvalue weighted by Gasteiger charge is -2.36. The molecule has 33 heavy (non-hydrogen) atoms. The molecule has 2 aromatic rings. The molecule has 2 aliphatic heterocycles. The molecule has 0 bridgehead atoms. The Hall–Kier alpha value is -2.63. The van der Waals surface area contributed by atoms with E-state index in [4.69, 9.17) is 0 Å². The van der Waals surface area contributed by atoms with E-state index in [0.29, 0.717) is 11.7 Å². The van der Waals surface area contributed by atoms with Crippen LogP contribution in [-0.4, -0.2) is 71.5 Å². The average Bonchev–Trinajstić information content (AvgIpc) is 3.56. The van der Waals surface area contributed by atoms with E-state index in [1.807, 2.05) is 18.2 Å². The molecule has 174 valence electrons. The number of amides is 1. The quantitative estimate of drug-likeness (QED) is 0.734. The van der Waals surface area contributed by atoms with Crippen molar-refractivity contribution in [3.8, 4) is 5.75 Å². The van der Waals surface area contributed by atoms with Crippen LogP contribution in [0.2, 0.25) is 0 Å². The molecule has 5 nitrogen and oxygen atoms in total. The number of phenols is 1. The van der Waals surface area contributed by atoms with Crippen molar-refractivity contribution < 1.29 is 9.90 Å². The molecule has 1 atom stereocenters. The molecule has 3 fully saturated rings. The number of carbonyl (C=O) groups excluding carboxylic acids is 1. The van der Waals surface area contributed by atoms with Gasteiger partial charge in [-0.3, -0.25) is 14.6 Å². The molecule has 2 aromatic carbocycles. The van der Waals surface area contributed by atoms with Gasteiger partial charge in [-0.25, -0.2) is 0 Å². The first-order valence-electron chi connectivity index (χ1n) is 12.3. The summed E-state index contributed by atoms with van der Waals surface area (Å²) in [5.74, 6) is 0.972. The number of aromatic hydroxyl groups is 1. The lowest BCUT2D eigenvalue weighted by molar-refractivity contribution is -0.135. The highest BCUT2D eigenvalue weighted by Crippen LogP contribution is 2.60. The van der Waals surface area contributed by atoms with Crippen molar-refractivity contribution in [2.75, 3.05) is 45.8 Å². The van der Waals surface area contributed by atoms with Crippen LogP contribution < -0.4 is 0 Å². The summed E-state index contributed by atoms with van der Waals surface area (Å²) < 4.78 is 0. The number of phenolic OH excluding ortho intramolecular Hbond substituents is 1. The SMILES string of the molecule is O=C([C@H]1CC12CCN(Cc1ccc(O)cc1)CC2)N1CCN(C/C=C/c2ccccc2)CC1. The van der Waals surface area contributed by atoms with Crippen LogP contribution in [0.4, 0.5) is 0 Å². The third-order valence-corrected chi connectivity index (χ3v) is 7.84. The summed E-state index contributed by atoms with van der Waals surface area (Å²) in [4.78, 5) is 20.2. The van der Waals surface area contributed by atoms with Gasteiger partial charge in [-0.2, -0.15) is 0 Å². The Morgan fingerprint density at radius 1 is 0.909 bits per heavy atom. The minimum absolute atomic E-state index is 0.248. The number of rotatable bonds is 6. The third kappa shape index (κ3) is 5.31. The lowest BCUT2D eigenvalue weighted by atomic mass is 9.90. The van der Waals surface area contributed by atoms with Crippen molar-refractivity contribution in [3.63, 3.8) is 0 Å². The molecule has 2 saturated heterocycles. The minimum Gasteiger partial charge on any atom is -0.508 e. The van der Waals surface area contributed by atoms with E-state index in [0.717, 1.165) is 71.6 Å². The summed E-state index contributed by atoms with van der Waals surface area (Å²) in [6, 6.07) is 17.9. The molecule has 0 aromatic heterocycles. The normalized spacial score (nSPS) is 23.3. The molecule has 5 heteroatoms. The zero-order valence-electron chi connectivity index (χ0n) is 19.4. The summed E-state index contributed by atoms with van der Waals surface area (Å²) in [5, 5.41) is 9.47. The molecule has 1 spiro atoms. The van der Waals surface area contributed by atoms with Gasteiger partial charge < -0.3 is 10.0 Å². The highest BCUT2D eigenvalue weighted by atomic mass is 16.3. The van der Waals surface area contributed by atoms with Crippen LogP contribution in [0, 0.1) is 11.3 Å². The summed E-state index contributed by atoms with van der Waals surface area (Å²) >= 11 is 0. The van der Waals surface area contributed by atoms with Gasteiger partial charge in [-0.05, 0) is 61.0 Å². The minimum atomic E-state index is 0.248. The summed E-state index contributed by atoms with van der Waals surface area (Å²) in [7, 11) is 0. The number of hydrogen-bond acceptors (Lipinski definition) is 4. The second-order valence-corrected chi connectivity index (χ2v) is 10.0. The standard InChI is InChI=1S/C28H35N3O2/c32-25-10-8-24(9-11-25)22-30-15-12-28(13-16-30)21-26(28)27(33)31-19-17-29(18-20-31)14-4-7-23-5-2-1-3-6-23/h1-11,26,32H,12-22H2/b7-4+/t26-/m1/s1. The number of benzene rings is 2. The zero-order chi connectivity index (χ0) is 22.7. The second-order valence-electron chi connectivity index (χ2n) is 10.0. The van der Waals surface area contributed by atoms with E-state index in [-0.39, 0.29) is 11.3 Å². The fraction of sp³-hybridized carbons (Fsp3) is 0.464. The lowest BCUT2D eigenvalue weighted by Crippen LogP contribution is -2.49. The fourth-order valence-corrected chi connectivity index (χ4v) is 5.54. The van der Waals surface area contributed by atoms with Gasteiger partial charge in [0.05, 0.1) is 0 Å². The van der Waals surface area contributed by atoms with Gasteiger partial charge in [0.2, 0.25) is 5.91 Å². The Balaban J connectivity index is 1.04. The predicted octanol–water partition coefficient (Wildman–Crippen LogP) is 3.85. The van der Waals surface area contributed by atoms with Crippen molar-refractivity contribution in [2.24, 2.45) is 11.3 Å². The highest BCUT2D eigenvalue weighted by molar-refractivity contribution is 5.83. The van der Waals surface area contributed by atoms with Crippen molar-refractivity contribution in [1.82, 2.24) is 14.7 Å². The van der Waals surface area contributed by atoms with Gasteiger partial charge in [0.15, 0.2) is 0 Å². The predicted molar refractivity (Wildman–Crippen MR) is 132 cm³/mol. The van der Waals surface area contributed by atoms with E-state index < -0.39 is 0 Å². The van der Waals surface area contributed by atoms with Crippen LogP contribution in [0.15, 0.2) is 60.7 Å². The van der Waals surface area contributed by atoms with Crippen LogP contribution in [0.1, 0.15) is 30.4 Å². The summed E-state index contributed by atoms with van der Waals surface area (Å²) in [5.41, 5.74) is 2.74. The molecular weight excluding hydrogens is 410 g/mol. The Morgan fingerprint density at radius 2 is 1.61 bits per heavy atom. The Morgan fingerprint density at radius 3 is 2.30 bits per heavy atom. The van der Waals surface area contributed by atoms with Crippen molar-refractivity contribution in [3.05, 3.63) is 71.8 Å². The first-order chi connectivity index (χ1) is 16.1. The van der Waals surface area contributed by atoms with E-state index in [9.17, 15) is 9.90 Å². The third-order valence-electron chi connectivity index (χ3n) is 7.84. The molecule has 3 aliphatic rings. The number of carbonyl (C=O) groups is 1. The van der Waals surface area contributed by atoms with Gasteiger partial charge >= 0.3 is 0 Å². The Labute approximate surface area is 197 Å². The molecular formula is C28H35N3O2. The largest absolute Gasteiger partial charge is 0.508 e. The number of nitrogens with zero attached hydrogens (tertiary/aromatic N) is 3. The van der Waals surface area contributed by atoms with Crippen LogP contribution in [0.25, 0.3) is 6.08 Å². The molecule has 1 amide bonds. The van der Waals surface area contributed by atoms with Gasteiger partial charge in [0.1, 0.15) is 5.75 Å². The van der Waals surface area contributed by atoms with Crippen molar-refractivity contribution >= 4 is 12.0 Å². The first kappa shape index (κ1) is 22.2. The fourth-order valence-electron chi connectivity index (χ4n) is 5.54. The van der Waals surface area contributed by atoms with Crippen molar-refractivity contribution in [1.29, 1.82) is 0 Å². The van der Waals surface area contributed by atoms with E-state index in [1.54, 1.807) is 12.1 Å². The van der Waals surface area contributed by atoms with Gasteiger partial charge in [0, 0.05) is 45.2 Å². The van der Waals surface area contributed by atoms with Crippen LogP contribution in [0.5, 0.6) is 5.75 Å². The van der Waals surface area contributed by atoms with E-state index in [1.165, 1.54) is 11.1 Å². The number of hydrogen-bond donors (Lipinski definition) is 1. The molecule has 2 heterocycles. The topological polar surface area (TPSA) is 47.0 Å². The maximum atomic E-state index is 13.2. The maximum Gasteiger partial charge on any atom is 0.226 e. The number of likely N-dealkylation sites (tertiary alicyclic amines) is 1. The Bertz CT molecular complexity index is 956. The first-order valence-corrected chi connectivity index (χ1v) is 12.3. The molecule has 1 aliphatic carbocycles. The molecule has 1 N–H and O–H groups in total. The van der Waals surface area contributed by atoms with Gasteiger partial charge in [-0.15, -0.1) is 0 Å². The molecule has 5 rings (SSSR count). The van der Waals surface area contributed by atoms with Crippen LogP contribution >= 0.6 is 0 Å². The van der Waals surface area contributed by atoms with Gasteiger partial charge in [-0.1, -0.05) is 54.6 Å². The molecule has 1 saturated carbocycles. The van der Waals surface area contributed by atoms with E-state index >= 15 is 0 Å².